The van der Waals surface area contributed by atoms with Gasteiger partial charge in [-0.2, -0.15) is 9.06 Å². The molecular weight excluding hydrogens is 326 g/mol. The highest BCUT2D eigenvalue weighted by atomic mass is 32.1. The first-order valence-electron chi connectivity index (χ1n) is 8.22. The Morgan fingerprint density at radius 1 is 1.42 bits per heavy atom. The summed E-state index contributed by atoms with van der Waals surface area (Å²) < 4.78 is 20.7. The molecule has 1 saturated carbocycles. The lowest BCUT2D eigenvalue weighted by Gasteiger charge is -2.10. The molecule has 0 aliphatic heterocycles. The van der Waals surface area contributed by atoms with Crippen molar-refractivity contribution in [2.24, 2.45) is 7.05 Å². The van der Waals surface area contributed by atoms with Crippen LogP contribution in [-0.4, -0.2) is 24.2 Å². The molecule has 124 valence electrons. The van der Waals surface area contributed by atoms with Crippen molar-refractivity contribution in [2.75, 3.05) is 0 Å². The minimum atomic E-state index is -0.304. The Bertz CT molecular complexity index is 989. The van der Waals surface area contributed by atoms with Crippen LogP contribution in [0.3, 0.4) is 0 Å². The van der Waals surface area contributed by atoms with Crippen LogP contribution in [0.4, 0.5) is 0 Å². The minimum Gasteiger partial charge on any atom is -0.488 e. The quantitative estimate of drug-likeness (QED) is 0.708. The molecule has 4 rings (SSSR count). The summed E-state index contributed by atoms with van der Waals surface area (Å²) in [7, 11) is 1.57. The Kier molecular flexibility index (Phi) is 3.40. The van der Waals surface area contributed by atoms with Gasteiger partial charge >= 0.3 is 5.69 Å². The van der Waals surface area contributed by atoms with Gasteiger partial charge in [0.15, 0.2) is 5.00 Å². The van der Waals surface area contributed by atoms with Gasteiger partial charge in [0.25, 0.3) is 0 Å². The van der Waals surface area contributed by atoms with Crippen LogP contribution in [0.5, 0.6) is 5.75 Å². The Labute approximate surface area is 144 Å². The van der Waals surface area contributed by atoms with Gasteiger partial charge < -0.3 is 4.74 Å². The first-order chi connectivity index (χ1) is 12.0. The lowest BCUT2D eigenvalue weighted by Crippen LogP contribution is -2.22. The molecule has 0 bridgehead atoms. The van der Waals surface area contributed by atoms with Gasteiger partial charge in [-0.15, -0.1) is 4.68 Å². The average Bonchev–Trinajstić information content (AvgIpc) is 3.27. The normalized spacial score (nSPS) is 14.7. The van der Waals surface area contributed by atoms with E-state index in [2.05, 4.69) is 14.8 Å². The first-order valence-corrected chi connectivity index (χ1v) is 8.50. The molecule has 0 N–H and O–H groups in total. The summed E-state index contributed by atoms with van der Waals surface area (Å²) in [6, 6.07) is 5.70. The third kappa shape index (κ3) is 2.62. The number of hydrogen-bond donors (Lipinski definition) is 0. The highest BCUT2D eigenvalue weighted by Crippen LogP contribution is 2.43. The Balaban J connectivity index is 1.69. The van der Waals surface area contributed by atoms with Crippen LogP contribution >= 0.6 is 11.5 Å². The zero-order valence-electron chi connectivity index (χ0n) is 14.4. The summed E-state index contributed by atoms with van der Waals surface area (Å²) in [6.07, 6.45) is 2.22. The Hall–Kier alpha value is -2.48. The van der Waals surface area contributed by atoms with Gasteiger partial charge in [0, 0.05) is 18.5 Å². The highest BCUT2D eigenvalue weighted by Gasteiger charge is 2.32. The van der Waals surface area contributed by atoms with Gasteiger partial charge in [-0.25, -0.2) is 4.79 Å². The second-order valence-corrected chi connectivity index (χ2v) is 6.65. The molecule has 7 nitrogen and oxygen atoms in total. The standard InChI is InChI=1S/C16H17N5O2S/c1-10-5-3-4-6-13(10)23-9-12-14(11-7-8-11)17-24-15(12)21-16(22)20(2)18-19-21/h3-6,11H,7-9H2,1-2H3/i3T. The zero-order chi connectivity index (χ0) is 17.6. The Morgan fingerprint density at radius 3 is 2.92 bits per heavy atom. The topological polar surface area (TPSA) is 74.8 Å². The number of nitrogens with zero attached hydrogens (tertiary/aromatic N) is 5. The number of ether oxygens (including phenoxy) is 1. The molecule has 24 heavy (non-hydrogen) atoms. The number of hydrogen-bond acceptors (Lipinski definition) is 6. The molecule has 0 unspecified atom stereocenters. The van der Waals surface area contributed by atoms with Crippen molar-refractivity contribution in [2.45, 2.75) is 32.3 Å². The molecule has 0 amide bonds. The van der Waals surface area contributed by atoms with Gasteiger partial charge in [0.1, 0.15) is 12.4 Å². The van der Waals surface area contributed by atoms with Crippen molar-refractivity contribution in [3.05, 3.63) is 51.5 Å². The maximum absolute atomic E-state index is 12.2. The average molecular weight is 345 g/mol. The maximum atomic E-state index is 12.2. The minimum absolute atomic E-state index is 0.304. The fourth-order valence-corrected chi connectivity index (χ4v) is 3.45. The van der Waals surface area contributed by atoms with E-state index in [1.54, 1.807) is 25.2 Å². The van der Waals surface area contributed by atoms with Crippen LogP contribution in [-0.2, 0) is 13.7 Å². The van der Waals surface area contributed by atoms with E-state index < -0.39 is 0 Å². The second kappa shape index (κ2) is 5.86. The predicted molar refractivity (Wildman–Crippen MR) is 89.8 cm³/mol. The fourth-order valence-electron chi connectivity index (χ4n) is 2.54. The van der Waals surface area contributed by atoms with E-state index in [-0.39, 0.29) is 5.69 Å². The summed E-state index contributed by atoms with van der Waals surface area (Å²) in [5.74, 6) is 1.16. The molecule has 1 fully saturated rings. The van der Waals surface area contributed by atoms with Crippen molar-refractivity contribution in [3.8, 4) is 10.8 Å². The molecule has 2 heterocycles. The van der Waals surface area contributed by atoms with Crippen LogP contribution < -0.4 is 10.4 Å². The largest absolute Gasteiger partial charge is 0.488 e. The van der Waals surface area contributed by atoms with E-state index in [1.807, 2.05) is 6.92 Å². The van der Waals surface area contributed by atoms with Crippen LogP contribution in [0, 0.1) is 6.92 Å². The van der Waals surface area contributed by atoms with Crippen molar-refractivity contribution in [3.63, 3.8) is 0 Å². The third-order valence-corrected chi connectivity index (χ3v) is 4.95. The van der Waals surface area contributed by atoms with Crippen molar-refractivity contribution < 1.29 is 6.11 Å². The number of aromatic nitrogens is 5. The van der Waals surface area contributed by atoms with E-state index >= 15 is 0 Å². The van der Waals surface area contributed by atoms with Gasteiger partial charge in [0.05, 0.1) is 7.06 Å². The van der Waals surface area contributed by atoms with E-state index in [4.69, 9.17) is 6.11 Å². The Morgan fingerprint density at radius 2 is 2.25 bits per heavy atom. The van der Waals surface area contributed by atoms with Crippen LogP contribution in [0.2, 0.25) is 0 Å². The molecule has 0 radical (unpaired) electrons. The highest BCUT2D eigenvalue weighted by molar-refractivity contribution is 7.08. The monoisotopic (exact) mass is 345 g/mol. The van der Waals surface area contributed by atoms with Gasteiger partial charge in [0.2, 0.25) is 0 Å². The molecule has 2 aromatic heterocycles. The fraction of sp³-hybridized carbons (Fsp3) is 0.375. The van der Waals surface area contributed by atoms with Gasteiger partial charge in [-0.1, -0.05) is 18.2 Å². The van der Waals surface area contributed by atoms with Gasteiger partial charge in [-0.05, 0) is 53.4 Å². The number of aryl methyl sites for hydroxylation is 2. The summed E-state index contributed by atoms with van der Waals surface area (Å²) in [4.78, 5) is 12.2. The zero-order valence-corrected chi connectivity index (χ0v) is 14.2. The number of benzene rings is 1. The second-order valence-electron chi connectivity index (χ2n) is 5.90. The molecule has 1 aliphatic carbocycles. The van der Waals surface area contributed by atoms with Crippen LogP contribution in [0.1, 0.15) is 37.0 Å². The lowest BCUT2D eigenvalue weighted by molar-refractivity contribution is 0.302. The van der Waals surface area contributed by atoms with E-state index in [0.717, 1.165) is 35.4 Å². The third-order valence-electron chi connectivity index (χ3n) is 4.07. The van der Waals surface area contributed by atoms with E-state index in [0.29, 0.717) is 23.6 Å². The lowest BCUT2D eigenvalue weighted by atomic mass is 10.1. The molecule has 0 spiro atoms. The van der Waals surface area contributed by atoms with Crippen molar-refractivity contribution >= 4 is 11.5 Å². The summed E-state index contributed by atoms with van der Waals surface area (Å²) in [6.45, 7) is 2.22. The van der Waals surface area contributed by atoms with E-state index in [1.165, 1.54) is 20.9 Å². The molecule has 0 saturated heterocycles. The van der Waals surface area contributed by atoms with Crippen molar-refractivity contribution in [1.29, 1.82) is 0 Å². The smallest absolute Gasteiger partial charge is 0.369 e. The molecule has 1 aromatic carbocycles. The maximum Gasteiger partial charge on any atom is 0.369 e. The van der Waals surface area contributed by atoms with Crippen molar-refractivity contribution in [1.82, 2.24) is 24.2 Å². The first kappa shape index (κ1) is 13.9. The van der Waals surface area contributed by atoms with Gasteiger partial charge in [-0.3, -0.25) is 0 Å². The van der Waals surface area contributed by atoms with Crippen LogP contribution in [0.25, 0.3) is 5.00 Å². The molecule has 0 atom stereocenters. The van der Waals surface area contributed by atoms with Crippen LogP contribution in [0.15, 0.2) is 29.0 Å². The number of rotatable bonds is 5. The van der Waals surface area contributed by atoms with E-state index in [9.17, 15) is 4.79 Å². The molecule has 3 aromatic rings. The summed E-state index contributed by atoms with van der Waals surface area (Å²) >= 11 is 1.25. The molecule has 1 aliphatic rings. The number of para-hydroxylation sites is 1. The SMILES string of the molecule is [3H]c1ccc(OCc2c(C3CC3)nsc2-n2nnn(C)c2=O)c(C)c1. The number of tetrazole rings is 1. The summed E-state index contributed by atoms with van der Waals surface area (Å²) in [5.41, 5.74) is 2.49. The molecule has 8 heteroatoms. The summed E-state index contributed by atoms with van der Waals surface area (Å²) in [5, 5.41) is 8.37. The predicted octanol–water partition coefficient (Wildman–Crippen LogP) is 2.19. The molecular formula is C16H17N5O2S.